The summed E-state index contributed by atoms with van der Waals surface area (Å²) >= 11 is 0. The Morgan fingerprint density at radius 3 is 2.68 bits per heavy atom. The number of aryl methyl sites for hydroxylation is 1. The maximum Gasteiger partial charge on any atom is 0.422 e. The number of ether oxygens (including phenoxy) is 1. The highest BCUT2D eigenvalue weighted by atomic mass is 32.2. The summed E-state index contributed by atoms with van der Waals surface area (Å²) in [6.45, 7) is 0.633. The summed E-state index contributed by atoms with van der Waals surface area (Å²) < 4.78 is 70.9. The van der Waals surface area contributed by atoms with Gasteiger partial charge in [-0.05, 0) is 90.4 Å². The van der Waals surface area contributed by atoms with Crippen molar-refractivity contribution in [3.8, 4) is 11.5 Å². The Morgan fingerprint density at radius 2 is 2.00 bits per heavy atom. The van der Waals surface area contributed by atoms with Gasteiger partial charge in [0.1, 0.15) is 0 Å². The molecule has 31 heavy (non-hydrogen) atoms. The highest BCUT2D eigenvalue weighted by Gasteiger charge is 2.76. The molecule has 0 bridgehead atoms. The first kappa shape index (κ1) is 21.3. The smallest absolute Gasteiger partial charge is 0.422 e. The minimum absolute atomic E-state index is 0.0930. The van der Waals surface area contributed by atoms with Crippen molar-refractivity contribution in [3.63, 3.8) is 0 Å². The molecule has 3 saturated carbocycles. The molecule has 0 saturated heterocycles. The van der Waals surface area contributed by atoms with Gasteiger partial charge in [0.2, 0.25) is 0 Å². The lowest BCUT2D eigenvalue weighted by atomic mass is 9.52. The standard InChI is InChI=1S/C21H26F3NO5S/c1-19-5-4-13-14-8-16(29-10-21(22,23)24)17(30-31(25,27)28)6-11(14)2-3-15(13)20(19)9-12(20)7-18(19)26/h6,8,12-13,15,18,26H,2-5,7,9-10H2,1H3,(H2,25,27,28)/t12?,13?,15?,18-,19-,20?/m1/s1. The van der Waals surface area contributed by atoms with Crippen LogP contribution >= 0.6 is 0 Å². The predicted molar refractivity (Wildman–Crippen MR) is 105 cm³/mol. The second-order valence-electron chi connectivity index (χ2n) is 9.88. The fraction of sp³-hybridized carbons (Fsp3) is 0.714. The average Bonchev–Trinajstić information content (AvgIpc) is 3.30. The van der Waals surface area contributed by atoms with Crippen LogP contribution in [0.5, 0.6) is 11.5 Å². The first-order valence-electron chi connectivity index (χ1n) is 10.6. The molecule has 3 fully saturated rings. The Kier molecular flexibility index (Phi) is 4.48. The van der Waals surface area contributed by atoms with E-state index in [1.807, 2.05) is 0 Å². The molecular formula is C21H26F3NO5S. The SMILES string of the molecule is C[C@]12CCC3c4cc(OCC(F)(F)F)c(OS(N)(=O)=O)cc4CCC3C13CC3C[C@H]2O. The van der Waals surface area contributed by atoms with Gasteiger partial charge in [-0.2, -0.15) is 26.7 Å². The molecule has 10 heteroatoms. The van der Waals surface area contributed by atoms with Gasteiger partial charge in [-0.3, -0.25) is 0 Å². The molecule has 4 unspecified atom stereocenters. The third-order valence-corrected chi connectivity index (χ3v) is 8.92. The molecule has 0 radical (unpaired) electrons. The van der Waals surface area contributed by atoms with E-state index in [0.717, 1.165) is 43.2 Å². The zero-order chi connectivity index (χ0) is 22.4. The highest BCUT2D eigenvalue weighted by Crippen LogP contribution is 2.81. The van der Waals surface area contributed by atoms with Crippen molar-refractivity contribution in [2.24, 2.45) is 27.8 Å². The monoisotopic (exact) mass is 461 g/mol. The van der Waals surface area contributed by atoms with Crippen molar-refractivity contribution in [1.29, 1.82) is 0 Å². The van der Waals surface area contributed by atoms with Gasteiger partial charge in [0, 0.05) is 0 Å². The molecule has 172 valence electrons. The lowest BCUT2D eigenvalue weighted by Crippen LogP contribution is -2.47. The molecule has 0 aromatic heterocycles. The first-order chi connectivity index (χ1) is 14.3. The van der Waals surface area contributed by atoms with Crippen LogP contribution in [0.15, 0.2) is 12.1 Å². The van der Waals surface area contributed by atoms with Gasteiger partial charge in [-0.15, -0.1) is 0 Å². The number of fused-ring (bicyclic) bond motifs is 3. The summed E-state index contributed by atoms with van der Waals surface area (Å²) in [7, 11) is -4.42. The summed E-state index contributed by atoms with van der Waals surface area (Å²) in [6, 6.07) is 2.97. The molecule has 1 aromatic rings. The highest BCUT2D eigenvalue weighted by molar-refractivity contribution is 7.84. The quantitative estimate of drug-likeness (QED) is 0.716. The zero-order valence-electron chi connectivity index (χ0n) is 17.1. The zero-order valence-corrected chi connectivity index (χ0v) is 17.9. The van der Waals surface area contributed by atoms with Crippen molar-refractivity contribution >= 4 is 10.3 Å². The Bertz CT molecular complexity index is 1030. The first-order valence-corrected chi connectivity index (χ1v) is 12.1. The van der Waals surface area contributed by atoms with E-state index in [4.69, 9.17) is 14.1 Å². The lowest BCUT2D eigenvalue weighted by molar-refractivity contribution is -0.153. The topological polar surface area (TPSA) is 98.9 Å². The van der Waals surface area contributed by atoms with Crippen molar-refractivity contribution < 1.29 is 35.6 Å². The fourth-order valence-electron chi connectivity index (χ4n) is 7.26. The number of alkyl halides is 3. The molecule has 5 rings (SSSR count). The van der Waals surface area contributed by atoms with Crippen LogP contribution in [0.4, 0.5) is 13.2 Å². The molecule has 1 spiro atoms. The fourth-order valence-corrected chi connectivity index (χ4v) is 7.64. The number of aliphatic hydroxyl groups is 1. The molecular weight excluding hydrogens is 435 g/mol. The van der Waals surface area contributed by atoms with Crippen LogP contribution in [0, 0.1) is 22.7 Å². The Hall–Kier alpha value is -1.52. The van der Waals surface area contributed by atoms with Crippen LogP contribution in [0.2, 0.25) is 0 Å². The number of hydrogen-bond donors (Lipinski definition) is 2. The molecule has 0 amide bonds. The van der Waals surface area contributed by atoms with Crippen LogP contribution in [-0.4, -0.2) is 32.4 Å². The van der Waals surface area contributed by atoms with E-state index >= 15 is 0 Å². The van der Waals surface area contributed by atoms with Crippen LogP contribution in [-0.2, 0) is 16.7 Å². The minimum atomic E-state index is -4.58. The van der Waals surface area contributed by atoms with Crippen LogP contribution < -0.4 is 14.1 Å². The van der Waals surface area contributed by atoms with Gasteiger partial charge in [0.15, 0.2) is 18.1 Å². The average molecular weight is 462 g/mol. The second kappa shape index (κ2) is 6.51. The van der Waals surface area contributed by atoms with E-state index < -0.39 is 23.1 Å². The van der Waals surface area contributed by atoms with Gasteiger partial charge in [-0.25, -0.2) is 0 Å². The van der Waals surface area contributed by atoms with E-state index in [9.17, 15) is 26.7 Å². The summed E-state index contributed by atoms with van der Waals surface area (Å²) in [6.07, 6.45) is 0.294. The predicted octanol–water partition coefficient (Wildman–Crippen LogP) is 3.43. The second-order valence-corrected chi connectivity index (χ2v) is 11.0. The largest absolute Gasteiger partial charge is 0.480 e. The Morgan fingerprint density at radius 1 is 1.26 bits per heavy atom. The Balaban J connectivity index is 1.52. The molecule has 0 aliphatic heterocycles. The van der Waals surface area contributed by atoms with E-state index in [0.29, 0.717) is 18.3 Å². The van der Waals surface area contributed by atoms with Crippen LogP contribution in [0.1, 0.15) is 56.1 Å². The van der Waals surface area contributed by atoms with Crippen molar-refractivity contribution in [2.45, 2.75) is 63.6 Å². The number of rotatable bonds is 4. The van der Waals surface area contributed by atoms with Gasteiger partial charge < -0.3 is 14.0 Å². The van der Waals surface area contributed by atoms with Gasteiger partial charge in [0.25, 0.3) is 0 Å². The van der Waals surface area contributed by atoms with Gasteiger partial charge in [-0.1, -0.05) is 6.92 Å². The number of nitrogens with two attached hydrogens (primary N) is 1. The third-order valence-electron chi connectivity index (χ3n) is 8.51. The maximum absolute atomic E-state index is 12.8. The van der Waals surface area contributed by atoms with Crippen LogP contribution in [0.3, 0.4) is 0 Å². The summed E-state index contributed by atoms with van der Waals surface area (Å²) in [4.78, 5) is 0. The normalized spacial score (nSPS) is 38.5. The number of aliphatic hydroxyl groups excluding tert-OH is 1. The molecule has 6 atom stereocenters. The summed E-state index contributed by atoms with van der Waals surface area (Å²) in [5, 5.41) is 15.6. The maximum atomic E-state index is 12.8. The van der Waals surface area contributed by atoms with Gasteiger partial charge in [0.05, 0.1) is 6.10 Å². The van der Waals surface area contributed by atoms with Crippen molar-refractivity contribution in [3.05, 3.63) is 23.3 Å². The number of hydrogen-bond acceptors (Lipinski definition) is 5. The lowest BCUT2D eigenvalue weighted by Gasteiger charge is -2.52. The molecule has 6 nitrogen and oxygen atoms in total. The third kappa shape index (κ3) is 3.24. The molecule has 0 heterocycles. The Labute approximate surface area is 179 Å². The molecule has 3 N–H and O–H groups in total. The van der Waals surface area contributed by atoms with E-state index in [1.165, 1.54) is 12.1 Å². The van der Waals surface area contributed by atoms with Crippen LogP contribution in [0.25, 0.3) is 0 Å². The van der Waals surface area contributed by atoms with Crippen molar-refractivity contribution in [1.82, 2.24) is 0 Å². The summed E-state index contributed by atoms with van der Waals surface area (Å²) in [5.41, 5.74) is 1.74. The molecule has 4 aliphatic rings. The molecule has 4 aliphatic carbocycles. The molecule has 1 aromatic carbocycles. The van der Waals surface area contributed by atoms with E-state index in [2.05, 4.69) is 6.92 Å². The van der Waals surface area contributed by atoms with Crippen molar-refractivity contribution in [2.75, 3.05) is 6.61 Å². The number of benzene rings is 1. The minimum Gasteiger partial charge on any atom is -0.480 e. The van der Waals surface area contributed by atoms with E-state index in [1.54, 1.807) is 0 Å². The number of halogens is 3. The van der Waals surface area contributed by atoms with Gasteiger partial charge >= 0.3 is 16.5 Å². The van der Waals surface area contributed by atoms with E-state index in [-0.39, 0.29) is 34.4 Å². The summed E-state index contributed by atoms with van der Waals surface area (Å²) in [5.74, 6) is 0.414.